The van der Waals surface area contributed by atoms with Gasteiger partial charge in [0.1, 0.15) is 18.2 Å². The largest absolute Gasteiger partial charge is 0.487 e. The summed E-state index contributed by atoms with van der Waals surface area (Å²) in [6.45, 7) is 0.411. The molecule has 0 amide bonds. The van der Waals surface area contributed by atoms with Crippen LogP contribution < -0.4 is 10.5 Å². The molecule has 0 atom stereocenters. The van der Waals surface area contributed by atoms with Gasteiger partial charge in [-0.15, -0.1) is 0 Å². The van der Waals surface area contributed by atoms with Crippen molar-refractivity contribution in [3.63, 3.8) is 0 Å². The van der Waals surface area contributed by atoms with Crippen molar-refractivity contribution >= 4 is 33.3 Å². The van der Waals surface area contributed by atoms with Crippen molar-refractivity contribution in [2.45, 2.75) is 6.61 Å². The Hall–Kier alpha value is -1.26. The molecule has 0 aliphatic heterocycles. The van der Waals surface area contributed by atoms with Crippen molar-refractivity contribution in [1.29, 1.82) is 0 Å². The van der Waals surface area contributed by atoms with Gasteiger partial charge in [0.2, 0.25) is 0 Å². The highest BCUT2D eigenvalue weighted by Gasteiger charge is 2.02. The van der Waals surface area contributed by atoms with Gasteiger partial charge in [0.25, 0.3) is 0 Å². The van der Waals surface area contributed by atoms with E-state index in [4.69, 9.17) is 22.1 Å². The first-order chi connectivity index (χ1) is 8.15. The molecule has 2 N–H and O–H groups in total. The molecule has 3 nitrogen and oxygen atoms in total. The van der Waals surface area contributed by atoms with Gasteiger partial charge in [0, 0.05) is 16.2 Å². The van der Waals surface area contributed by atoms with Crippen LogP contribution in [0.15, 0.2) is 41.0 Å². The number of pyridine rings is 1. The van der Waals surface area contributed by atoms with Crippen LogP contribution in [0.5, 0.6) is 5.75 Å². The molecule has 0 radical (unpaired) electrons. The van der Waals surface area contributed by atoms with Gasteiger partial charge in [0.05, 0.1) is 5.02 Å². The Balaban J connectivity index is 2.04. The second-order valence-corrected chi connectivity index (χ2v) is 4.78. The minimum atomic E-state index is 0.411. The van der Waals surface area contributed by atoms with Crippen LogP contribution in [-0.4, -0.2) is 4.98 Å². The molecule has 0 aliphatic carbocycles. The lowest BCUT2D eigenvalue weighted by Gasteiger charge is -2.08. The monoisotopic (exact) mass is 312 g/mol. The first-order valence-corrected chi connectivity index (χ1v) is 6.10. The standard InChI is InChI=1S/C12H10BrClN2O/c13-9-2-3-11(10(14)5-9)17-7-8-1-4-12(15)16-6-8/h1-6H,7H2,(H2,15,16). The van der Waals surface area contributed by atoms with Gasteiger partial charge in [-0.25, -0.2) is 4.98 Å². The Morgan fingerprint density at radius 1 is 1.29 bits per heavy atom. The van der Waals surface area contributed by atoms with E-state index in [0.29, 0.717) is 23.2 Å². The topological polar surface area (TPSA) is 48.1 Å². The van der Waals surface area contributed by atoms with Crippen molar-refractivity contribution in [1.82, 2.24) is 4.98 Å². The zero-order chi connectivity index (χ0) is 12.3. The van der Waals surface area contributed by atoms with Crippen molar-refractivity contribution < 1.29 is 4.74 Å². The number of nitrogens with zero attached hydrogens (tertiary/aromatic N) is 1. The molecule has 1 aromatic heterocycles. The molecule has 1 aromatic carbocycles. The third kappa shape index (κ3) is 3.35. The first-order valence-electron chi connectivity index (χ1n) is 4.93. The average molecular weight is 314 g/mol. The van der Waals surface area contributed by atoms with Crippen molar-refractivity contribution in [2.75, 3.05) is 5.73 Å². The maximum atomic E-state index is 6.03. The van der Waals surface area contributed by atoms with E-state index in [1.807, 2.05) is 18.2 Å². The zero-order valence-corrected chi connectivity index (χ0v) is 11.2. The number of halogens is 2. The number of aromatic nitrogens is 1. The van der Waals surface area contributed by atoms with Crippen molar-refractivity contribution in [2.24, 2.45) is 0 Å². The summed E-state index contributed by atoms with van der Waals surface area (Å²) < 4.78 is 6.50. The molecule has 0 spiro atoms. The Morgan fingerprint density at radius 3 is 2.76 bits per heavy atom. The molecule has 2 aromatic rings. The van der Waals surface area contributed by atoms with E-state index < -0.39 is 0 Å². The summed E-state index contributed by atoms with van der Waals surface area (Å²) >= 11 is 9.37. The minimum absolute atomic E-state index is 0.411. The molecule has 0 saturated heterocycles. The summed E-state index contributed by atoms with van der Waals surface area (Å²) in [6, 6.07) is 9.09. The normalized spacial score (nSPS) is 10.2. The number of hydrogen-bond acceptors (Lipinski definition) is 3. The van der Waals surface area contributed by atoms with Crippen LogP contribution in [0.3, 0.4) is 0 Å². The molecule has 88 valence electrons. The van der Waals surface area contributed by atoms with Gasteiger partial charge >= 0.3 is 0 Å². The lowest BCUT2D eigenvalue weighted by molar-refractivity contribution is 0.306. The quantitative estimate of drug-likeness (QED) is 0.940. The number of benzene rings is 1. The number of hydrogen-bond donors (Lipinski definition) is 1. The van der Waals surface area contributed by atoms with Crippen LogP contribution in [-0.2, 0) is 6.61 Å². The number of anilines is 1. The smallest absolute Gasteiger partial charge is 0.138 e. The third-order valence-corrected chi connectivity index (χ3v) is 2.92. The van der Waals surface area contributed by atoms with E-state index >= 15 is 0 Å². The molecule has 0 bridgehead atoms. The molecule has 1 heterocycles. The van der Waals surface area contributed by atoms with Crippen molar-refractivity contribution in [3.8, 4) is 5.75 Å². The molecule has 5 heteroatoms. The summed E-state index contributed by atoms with van der Waals surface area (Å²) in [7, 11) is 0. The number of nitrogens with two attached hydrogens (primary N) is 1. The Morgan fingerprint density at radius 2 is 2.12 bits per heavy atom. The van der Waals surface area contributed by atoms with E-state index in [0.717, 1.165) is 10.0 Å². The predicted molar refractivity (Wildman–Crippen MR) is 72.1 cm³/mol. The Labute approximate surface area is 113 Å². The molecule has 0 aliphatic rings. The summed E-state index contributed by atoms with van der Waals surface area (Å²) in [5.41, 5.74) is 6.44. The van der Waals surface area contributed by atoms with Gasteiger partial charge in [-0.3, -0.25) is 0 Å². The average Bonchev–Trinajstić information content (AvgIpc) is 2.30. The SMILES string of the molecule is Nc1ccc(COc2ccc(Br)cc2Cl)cn1. The van der Waals surface area contributed by atoms with Crippen LogP contribution in [0, 0.1) is 0 Å². The van der Waals surface area contributed by atoms with E-state index in [-0.39, 0.29) is 0 Å². The van der Waals surface area contributed by atoms with Crippen LogP contribution in [0.2, 0.25) is 5.02 Å². The second-order valence-electron chi connectivity index (χ2n) is 3.45. The summed E-state index contributed by atoms with van der Waals surface area (Å²) in [4.78, 5) is 3.99. The van der Waals surface area contributed by atoms with Gasteiger partial charge in [-0.1, -0.05) is 33.6 Å². The predicted octanol–water partition coefficient (Wildman–Crippen LogP) is 3.66. The molecule has 2 rings (SSSR count). The van der Waals surface area contributed by atoms with Crippen molar-refractivity contribution in [3.05, 3.63) is 51.6 Å². The van der Waals surface area contributed by atoms with Gasteiger partial charge < -0.3 is 10.5 Å². The molecule has 0 fully saturated rings. The lowest BCUT2D eigenvalue weighted by Crippen LogP contribution is -1.98. The summed E-state index contributed by atoms with van der Waals surface area (Å²) in [5, 5.41) is 0.572. The fourth-order valence-electron chi connectivity index (χ4n) is 1.27. The zero-order valence-electron chi connectivity index (χ0n) is 8.86. The van der Waals surface area contributed by atoms with Gasteiger partial charge in [0.15, 0.2) is 0 Å². The summed E-state index contributed by atoms with van der Waals surface area (Å²) in [6.07, 6.45) is 1.68. The number of rotatable bonds is 3. The van der Waals surface area contributed by atoms with E-state index in [1.54, 1.807) is 18.3 Å². The van der Waals surface area contributed by atoms with E-state index in [1.165, 1.54) is 0 Å². The highest BCUT2D eigenvalue weighted by atomic mass is 79.9. The van der Waals surface area contributed by atoms with Gasteiger partial charge in [-0.2, -0.15) is 0 Å². The maximum Gasteiger partial charge on any atom is 0.138 e. The highest BCUT2D eigenvalue weighted by molar-refractivity contribution is 9.10. The fraction of sp³-hybridized carbons (Fsp3) is 0.0833. The molecular weight excluding hydrogens is 304 g/mol. The minimum Gasteiger partial charge on any atom is -0.487 e. The maximum absolute atomic E-state index is 6.03. The van der Waals surface area contributed by atoms with Gasteiger partial charge in [-0.05, 0) is 24.3 Å². The lowest BCUT2D eigenvalue weighted by atomic mass is 10.3. The fourth-order valence-corrected chi connectivity index (χ4v) is 2.00. The number of ether oxygens (including phenoxy) is 1. The Kier molecular flexibility index (Phi) is 3.86. The second kappa shape index (κ2) is 5.38. The van der Waals surface area contributed by atoms with E-state index in [9.17, 15) is 0 Å². The molecule has 0 saturated carbocycles. The summed E-state index contributed by atoms with van der Waals surface area (Å²) in [5.74, 6) is 1.14. The third-order valence-electron chi connectivity index (χ3n) is 2.14. The highest BCUT2D eigenvalue weighted by Crippen LogP contribution is 2.28. The van der Waals surface area contributed by atoms with Crippen LogP contribution in [0.1, 0.15) is 5.56 Å². The van der Waals surface area contributed by atoms with E-state index in [2.05, 4.69) is 20.9 Å². The van der Waals surface area contributed by atoms with Crippen LogP contribution in [0.4, 0.5) is 5.82 Å². The van der Waals surface area contributed by atoms with Crippen LogP contribution in [0.25, 0.3) is 0 Å². The van der Waals surface area contributed by atoms with Crippen LogP contribution >= 0.6 is 27.5 Å². The number of nitrogen functional groups attached to an aromatic ring is 1. The molecule has 0 unspecified atom stereocenters. The molecule has 17 heavy (non-hydrogen) atoms. The first kappa shape index (κ1) is 12.2. The molecular formula is C12H10BrClN2O. The Bertz CT molecular complexity index is 516.